The predicted molar refractivity (Wildman–Crippen MR) is 72.9 cm³/mol. The van der Waals surface area contributed by atoms with Crippen LogP contribution < -0.4 is 11.3 Å². The summed E-state index contributed by atoms with van der Waals surface area (Å²) in [7, 11) is 0. The molecule has 0 aliphatic rings. The Balaban J connectivity index is 2.17. The molecule has 2 aromatic heterocycles. The Morgan fingerprint density at radius 1 is 1.00 bits per heavy atom. The van der Waals surface area contributed by atoms with Crippen LogP contribution in [0.25, 0.3) is 10.9 Å². The van der Waals surface area contributed by atoms with Crippen molar-refractivity contribution in [3.8, 4) is 0 Å². The van der Waals surface area contributed by atoms with Gasteiger partial charge in [-0.1, -0.05) is 18.2 Å². The molecule has 0 fully saturated rings. The van der Waals surface area contributed by atoms with E-state index in [4.69, 9.17) is 5.84 Å². The molecule has 3 aromatic rings. The Morgan fingerprint density at radius 2 is 1.95 bits per heavy atom. The molecule has 94 valence electrons. The highest BCUT2D eigenvalue weighted by atomic mass is 15.2. The summed E-state index contributed by atoms with van der Waals surface area (Å²) in [6.07, 6.45) is 5.15. The zero-order chi connectivity index (χ0) is 13.1. The SMILES string of the molecule is NNC(c1ccnnc1)c1cccc2ncccc12. The van der Waals surface area contributed by atoms with E-state index < -0.39 is 0 Å². The molecule has 0 radical (unpaired) electrons. The van der Waals surface area contributed by atoms with Crippen molar-refractivity contribution in [2.24, 2.45) is 5.84 Å². The Kier molecular flexibility index (Phi) is 3.14. The zero-order valence-corrected chi connectivity index (χ0v) is 10.2. The number of nitrogens with two attached hydrogens (primary N) is 1. The van der Waals surface area contributed by atoms with E-state index in [-0.39, 0.29) is 6.04 Å². The Hall–Kier alpha value is -2.37. The molecule has 0 bridgehead atoms. The first kappa shape index (κ1) is 11.7. The largest absolute Gasteiger partial charge is 0.271 e. The average molecular weight is 251 g/mol. The molecule has 3 rings (SSSR count). The van der Waals surface area contributed by atoms with Gasteiger partial charge in [0.05, 0.1) is 17.8 Å². The second kappa shape index (κ2) is 5.09. The summed E-state index contributed by atoms with van der Waals surface area (Å²) in [6.45, 7) is 0. The minimum atomic E-state index is -0.136. The van der Waals surface area contributed by atoms with Crippen LogP contribution in [-0.2, 0) is 0 Å². The van der Waals surface area contributed by atoms with Gasteiger partial charge in [-0.05, 0) is 29.3 Å². The molecule has 0 aliphatic carbocycles. The second-order valence-electron chi connectivity index (χ2n) is 4.19. The number of aromatic nitrogens is 3. The Bertz CT molecular complexity index is 678. The number of hydrazine groups is 1. The maximum Gasteiger partial charge on any atom is 0.0732 e. The smallest absolute Gasteiger partial charge is 0.0732 e. The molecule has 1 atom stereocenters. The molecular formula is C14H13N5. The van der Waals surface area contributed by atoms with Crippen LogP contribution in [0, 0.1) is 0 Å². The fraction of sp³-hybridized carbons (Fsp3) is 0.0714. The molecule has 0 saturated carbocycles. The van der Waals surface area contributed by atoms with Crippen LogP contribution >= 0.6 is 0 Å². The molecule has 0 saturated heterocycles. The van der Waals surface area contributed by atoms with Crippen molar-refractivity contribution in [2.45, 2.75) is 6.04 Å². The summed E-state index contributed by atoms with van der Waals surface area (Å²) in [5, 5.41) is 8.76. The first-order valence-electron chi connectivity index (χ1n) is 5.96. The molecule has 5 heteroatoms. The molecule has 2 heterocycles. The Morgan fingerprint density at radius 3 is 2.74 bits per heavy atom. The minimum absolute atomic E-state index is 0.136. The van der Waals surface area contributed by atoms with Gasteiger partial charge in [-0.2, -0.15) is 10.2 Å². The molecule has 1 aromatic carbocycles. The van der Waals surface area contributed by atoms with E-state index in [2.05, 4.69) is 20.6 Å². The number of pyridine rings is 1. The molecule has 0 spiro atoms. The van der Waals surface area contributed by atoms with Crippen LogP contribution in [0.1, 0.15) is 17.2 Å². The quantitative estimate of drug-likeness (QED) is 0.546. The van der Waals surface area contributed by atoms with Crippen LogP contribution in [0.4, 0.5) is 0 Å². The minimum Gasteiger partial charge on any atom is -0.271 e. The lowest BCUT2D eigenvalue weighted by molar-refractivity contribution is 0.636. The number of nitrogens with one attached hydrogen (secondary N) is 1. The van der Waals surface area contributed by atoms with Crippen molar-refractivity contribution in [3.63, 3.8) is 0 Å². The van der Waals surface area contributed by atoms with Crippen molar-refractivity contribution in [3.05, 3.63) is 66.1 Å². The monoisotopic (exact) mass is 251 g/mol. The maximum absolute atomic E-state index is 5.71. The lowest BCUT2D eigenvalue weighted by atomic mass is 9.97. The maximum atomic E-state index is 5.71. The van der Waals surface area contributed by atoms with Gasteiger partial charge in [0.1, 0.15) is 0 Å². The lowest BCUT2D eigenvalue weighted by Crippen LogP contribution is -2.29. The van der Waals surface area contributed by atoms with E-state index in [1.165, 1.54) is 0 Å². The molecular weight excluding hydrogens is 238 g/mol. The molecule has 5 nitrogen and oxygen atoms in total. The summed E-state index contributed by atoms with van der Waals surface area (Å²) in [4.78, 5) is 4.36. The van der Waals surface area contributed by atoms with Crippen LogP contribution in [0.3, 0.4) is 0 Å². The van der Waals surface area contributed by atoms with Crippen molar-refractivity contribution < 1.29 is 0 Å². The highest BCUT2D eigenvalue weighted by Gasteiger charge is 2.15. The van der Waals surface area contributed by atoms with Crippen molar-refractivity contribution in [2.75, 3.05) is 0 Å². The average Bonchev–Trinajstić information content (AvgIpc) is 2.49. The number of hydrogen-bond acceptors (Lipinski definition) is 5. The van der Waals surface area contributed by atoms with Gasteiger partial charge < -0.3 is 0 Å². The summed E-state index contributed by atoms with van der Waals surface area (Å²) in [5.74, 6) is 5.71. The standard InChI is InChI=1S/C14H13N5/c15-19-14(10-6-8-17-18-9-10)12-3-1-5-13-11(12)4-2-7-16-13/h1-9,14,19H,15H2. The third kappa shape index (κ3) is 2.16. The lowest BCUT2D eigenvalue weighted by Gasteiger charge is -2.18. The van der Waals surface area contributed by atoms with E-state index in [0.29, 0.717) is 0 Å². The first-order chi connectivity index (χ1) is 9.40. The second-order valence-corrected chi connectivity index (χ2v) is 4.19. The summed E-state index contributed by atoms with van der Waals surface area (Å²) in [5.41, 5.74) is 5.81. The van der Waals surface area contributed by atoms with Gasteiger partial charge in [-0.15, -0.1) is 0 Å². The molecule has 1 unspecified atom stereocenters. The first-order valence-corrected chi connectivity index (χ1v) is 5.96. The van der Waals surface area contributed by atoms with Crippen molar-refractivity contribution in [1.82, 2.24) is 20.6 Å². The van der Waals surface area contributed by atoms with Gasteiger partial charge in [0, 0.05) is 17.8 Å². The number of fused-ring (bicyclic) bond motifs is 1. The van der Waals surface area contributed by atoms with Crippen molar-refractivity contribution >= 4 is 10.9 Å². The van der Waals surface area contributed by atoms with Crippen LogP contribution in [0.5, 0.6) is 0 Å². The van der Waals surface area contributed by atoms with Gasteiger partial charge in [-0.3, -0.25) is 10.8 Å². The number of nitrogens with zero attached hydrogens (tertiary/aromatic N) is 3. The van der Waals surface area contributed by atoms with E-state index >= 15 is 0 Å². The molecule has 19 heavy (non-hydrogen) atoms. The fourth-order valence-electron chi connectivity index (χ4n) is 2.22. The number of hydrogen-bond donors (Lipinski definition) is 2. The van der Waals surface area contributed by atoms with Gasteiger partial charge in [0.25, 0.3) is 0 Å². The van der Waals surface area contributed by atoms with E-state index in [0.717, 1.165) is 22.0 Å². The number of rotatable bonds is 3. The molecule has 0 aliphatic heterocycles. The highest BCUT2D eigenvalue weighted by Crippen LogP contribution is 2.26. The third-order valence-electron chi connectivity index (χ3n) is 3.10. The van der Waals surface area contributed by atoms with Gasteiger partial charge in [0.15, 0.2) is 0 Å². The number of benzene rings is 1. The van der Waals surface area contributed by atoms with Gasteiger partial charge >= 0.3 is 0 Å². The van der Waals surface area contributed by atoms with E-state index in [9.17, 15) is 0 Å². The topological polar surface area (TPSA) is 76.7 Å². The summed E-state index contributed by atoms with van der Waals surface area (Å²) in [6, 6.07) is 11.7. The van der Waals surface area contributed by atoms with Crippen molar-refractivity contribution in [1.29, 1.82) is 0 Å². The Labute approximate surface area is 110 Å². The molecule has 0 amide bonds. The van der Waals surface area contributed by atoms with Crippen LogP contribution in [0.2, 0.25) is 0 Å². The summed E-state index contributed by atoms with van der Waals surface area (Å²) < 4.78 is 0. The normalized spacial score (nSPS) is 12.5. The summed E-state index contributed by atoms with van der Waals surface area (Å²) >= 11 is 0. The van der Waals surface area contributed by atoms with Crippen LogP contribution in [-0.4, -0.2) is 15.2 Å². The van der Waals surface area contributed by atoms with E-state index in [1.54, 1.807) is 18.6 Å². The third-order valence-corrected chi connectivity index (χ3v) is 3.10. The molecule has 3 N–H and O–H groups in total. The van der Waals surface area contributed by atoms with E-state index in [1.807, 2.05) is 36.4 Å². The van der Waals surface area contributed by atoms with Crippen LogP contribution in [0.15, 0.2) is 55.0 Å². The zero-order valence-electron chi connectivity index (χ0n) is 10.2. The van der Waals surface area contributed by atoms with Gasteiger partial charge in [-0.25, -0.2) is 5.43 Å². The fourth-order valence-corrected chi connectivity index (χ4v) is 2.22. The van der Waals surface area contributed by atoms with Gasteiger partial charge in [0.2, 0.25) is 0 Å². The predicted octanol–water partition coefficient (Wildman–Crippen LogP) is 1.58. The highest BCUT2D eigenvalue weighted by molar-refractivity contribution is 5.82.